The summed E-state index contributed by atoms with van der Waals surface area (Å²) < 4.78 is 13.1. The maximum absolute atomic E-state index is 11.6. The Kier molecular flexibility index (Phi) is 2.71. The van der Waals surface area contributed by atoms with Crippen molar-refractivity contribution in [2.75, 3.05) is 6.67 Å². The van der Waals surface area contributed by atoms with Crippen LogP contribution in [0.15, 0.2) is 6.20 Å². The van der Waals surface area contributed by atoms with Crippen LogP contribution < -0.4 is 0 Å². The number of nitrogens with zero attached hydrogens (tertiary/aromatic N) is 3. The molecule has 0 aliphatic rings. The standard InChI is InChI=1S/C6H8FN3O/c7-2-1-3-10-4-6(5-11)8-9-10/h4-5H,1-3H2. The molecule has 0 bridgehead atoms. The van der Waals surface area contributed by atoms with E-state index in [0.29, 0.717) is 19.3 Å². The number of aromatic nitrogens is 3. The minimum Gasteiger partial charge on any atom is -0.296 e. The van der Waals surface area contributed by atoms with Crippen molar-refractivity contribution in [3.63, 3.8) is 0 Å². The first-order valence-corrected chi connectivity index (χ1v) is 3.28. The average molecular weight is 157 g/mol. The molecule has 0 radical (unpaired) electrons. The first-order chi connectivity index (χ1) is 5.36. The van der Waals surface area contributed by atoms with E-state index in [4.69, 9.17) is 0 Å². The van der Waals surface area contributed by atoms with Gasteiger partial charge in [-0.05, 0) is 6.42 Å². The summed E-state index contributed by atoms with van der Waals surface area (Å²) in [4.78, 5) is 10.1. The number of carbonyl (C=O) groups excluding carboxylic acids is 1. The second-order valence-corrected chi connectivity index (χ2v) is 2.07. The Bertz CT molecular complexity index is 235. The van der Waals surface area contributed by atoms with E-state index >= 15 is 0 Å². The Morgan fingerprint density at radius 1 is 1.73 bits per heavy atom. The van der Waals surface area contributed by atoms with Gasteiger partial charge >= 0.3 is 0 Å². The third-order valence-corrected chi connectivity index (χ3v) is 1.20. The van der Waals surface area contributed by atoms with Gasteiger partial charge in [-0.1, -0.05) is 5.21 Å². The van der Waals surface area contributed by atoms with Crippen molar-refractivity contribution < 1.29 is 9.18 Å². The van der Waals surface area contributed by atoms with Gasteiger partial charge in [0.05, 0.1) is 12.9 Å². The topological polar surface area (TPSA) is 47.8 Å². The lowest BCUT2D eigenvalue weighted by molar-refractivity contribution is 0.111. The Labute approximate surface area is 63.0 Å². The maximum Gasteiger partial charge on any atom is 0.171 e. The molecule has 0 N–H and O–H groups in total. The lowest BCUT2D eigenvalue weighted by Gasteiger charge is -1.93. The lowest BCUT2D eigenvalue weighted by Crippen LogP contribution is -1.99. The first-order valence-electron chi connectivity index (χ1n) is 3.28. The van der Waals surface area contributed by atoms with Gasteiger partial charge in [-0.15, -0.1) is 5.10 Å². The zero-order valence-corrected chi connectivity index (χ0v) is 5.90. The van der Waals surface area contributed by atoms with Gasteiger partial charge in [0.25, 0.3) is 0 Å². The van der Waals surface area contributed by atoms with Crippen molar-refractivity contribution >= 4 is 6.29 Å². The van der Waals surface area contributed by atoms with Gasteiger partial charge in [-0.3, -0.25) is 13.9 Å². The van der Waals surface area contributed by atoms with Gasteiger partial charge in [-0.25, -0.2) is 0 Å². The largest absolute Gasteiger partial charge is 0.296 e. The number of alkyl halides is 1. The predicted molar refractivity (Wildman–Crippen MR) is 36.0 cm³/mol. The predicted octanol–water partition coefficient (Wildman–Crippen LogP) is 0.450. The lowest BCUT2D eigenvalue weighted by atomic mass is 10.4. The zero-order chi connectivity index (χ0) is 8.10. The summed E-state index contributed by atoms with van der Waals surface area (Å²) >= 11 is 0. The van der Waals surface area contributed by atoms with Crippen LogP contribution >= 0.6 is 0 Å². The molecule has 1 heterocycles. The van der Waals surface area contributed by atoms with Crippen molar-refractivity contribution in [3.05, 3.63) is 11.9 Å². The van der Waals surface area contributed by atoms with E-state index in [1.807, 2.05) is 0 Å². The van der Waals surface area contributed by atoms with Crippen LogP contribution in [0.2, 0.25) is 0 Å². The van der Waals surface area contributed by atoms with Gasteiger partial charge in [0.15, 0.2) is 6.29 Å². The van der Waals surface area contributed by atoms with E-state index in [1.54, 1.807) is 0 Å². The van der Waals surface area contributed by atoms with Crippen LogP contribution in [0.25, 0.3) is 0 Å². The Morgan fingerprint density at radius 3 is 3.09 bits per heavy atom. The molecule has 0 atom stereocenters. The molecule has 1 aromatic heterocycles. The molecule has 0 saturated heterocycles. The van der Waals surface area contributed by atoms with Gasteiger partial charge < -0.3 is 0 Å². The summed E-state index contributed by atoms with van der Waals surface area (Å²) in [6.07, 6.45) is 2.50. The molecule has 0 saturated carbocycles. The minimum absolute atomic E-state index is 0.281. The molecular formula is C6H8FN3O. The van der Waals surface area contributed by atoms with Crippen molar-refractivity contribution in [1.29, 1.82) is 0 Å². The highest BCUT2D eigenvalue weighted by atomic mass is 19.1. The van der Waals surface area contributed by atoms with E-state index in [-0.39, 0.29) is 12.4 Å². The van der Waals surface area contributed by atoms with Gasteiger partial charge in [0.1, 0.15) is 5.69 Å². The molecule has 0 unspecified atom stereocenters. The van der Waals surface area contributed by atoms with Crippen LogP contribution in [0.3, 0.4) is 0 Å². The second kappa shape index (κ2) is 3.80. The van der Waals surface area contributed by atoms with Crippen LogP contribution in [-0.4, -0.2) is 28.0 Å². The number of rotatable bonds is 4. The molecule has 0 spiro atoms. The van der Waals surface area contributed by atoms with Gasteiger partial charge in [-0.2, -0.15) is 0 Å². The fourth-order valence-electron chi connectivity index (χ4n) is 0.698. The number of aldehydes is 1. The highest BCUT2D eigenvalue weighted by Gasteiger charge is 1.96. The molecule has 4 nitrogen and oxygen atoms in total. The van der Waals surface area contributed by atoms with Gasteiger partial charge in [0.2, 0.25) is 0 Å². The number of hydrogen-bond acceptors (Lipinski definition) is 3. The number of halogens is 1. The highest BCUT2D eigenvalue weighted by Crippen LogP contribution is 1.91. The average Bonchev–Trinajstić information content (AvgIpc) is 2.48. The number of carbonyl (C=O) groups is 1. The molecule has 11 heavy (non-hydrogen) atoms. The summed E-state index contributed by atoms with van der Waals surface area (Å²) in [7, 11) is 0. The van der Waals surface area contributed by atoms with E-state index < -0.39 is 0 Å². The molecular weight excluding hydrogens is 149 g/mol. The molecule has 0 amide bonds. The normalized spacial score (nSPS) is 9.91. The van der Waals surface area contributed by atoms with Crippen molar-refractivity contribution in [3.8, 4) is 0 Å². The summed E-state index contributed by atoms with van der Waals surface area (Å²) in [5, 5.41) is 7.10. The van der Waals surface area contributed by atoms with E-state index in [0.717, 1.165) is 0 Å². The molecule has 0 aliphatic carbocycles. The van der Waals surface area contributed by atoms with E-state index in [9.17, 15) is 9.18 Å². The molecule has 0 aliphatic heterocycles. The highest BCUT2D eigenvalue weighted by molar-refractivity contribution is 5.70. The molecule has 5 heteroatoms. The Hall–Kier alpha value is -1.26. The quantitative estimate of drug-likeness (QED) is 0.596. The van der Waals surface area contributed by atoms with Crippen LogP contribution in [0, 0.1) is 0 Å². The van der Waals surface area contributed by atoms with Crippen molar-refractivity contribution in [2.45, 2.75) is 13.0 Å². The molecule has 0 aromatic carbocycles. The Balaban J connectivity index is 2.51. The van der Waals surface area contributed by atoms with Crippen LogP contribution in [0.1, 0.15) is 16.9 Å². The monoisotopic (exact) mass is 157 g/mol. The summed E-state index contributed by atoms with van der Waals surface area (Å²) in [6.45, 7) is 0.0909. The fourth-order valence-corrected chi connectivity index (χ4v) is 0.698. The number of hydrogen-bond donors (Lipinski definition) is 0. The SMILES string of the molecule is O=Cc1cn(CCCF)nn1. The summed E-state index contributed by atoms with van der Waals surface area (Å²) in [5.41, 5.74) is 0.281. The molecule has 60 valence electrons. The third-order valence-electron chi connectivity index (χ3n) is 1.20. The van der Waals surface area contributed by atoms with E-state index in [2.05, 4.69) is 10.3 Å². The first kappa shape index (κ1) is 7.84. The number of aryl methyl sites for hydroxylation is 1. The molecule has 0 fully saturated rings. The summed E-state index contributed by atoms with van der Waals surface area (Å²) in [5.74, 6) is 0. The maximum atomic E-state index is 11.6. The minimum atomic E-state index is -0.379. The smallest absolute Gasteiger partial charge is 0.171 e. The second-order valence-electron chi connectivity index (χ2n) is 2.07. The molecule has 1 rings (SSSR count). The molecule has 1 aromatic rings. The summed E-state index contributed by atoms with van der Waals surface area (Å²) in [6, 6.07) is 0. The van der Waals surface area contributed by atoms with E-state index in [1.165, 1.54) is 10.9 Å². The van der Waals surface area contributed by atoms with Crippen LogP contribution in [0.4, 0.5) is 4.39 Å². The van der Waals surface area contributed by atoms with Crippen molar-refractivity contribution in [2.24, 2.45) is 0 Å². The van der Waals surface area contributed by atoms with Gasteiger partial charge in [0, 0.05) is 6.54 Å². The zero-order valence-electron chi connectivity index (χ0n) is 5.90. The van der Waals surface area contributed by atoms with Crippen molar-refractivity contribution in [1.82, 2.24) is 15.0 Å². The fraction of sp³-hybridized carbons (Fsp3) is 0.500. The third kappa shape index (κ3) is 2.10. The van der Waals surface area contributed by atoms with Crippen LogP contribution in [0.5, 0.6) is 0 Å². The Morgan fingerprint density at radius 2 is 2.55 bits per heavy atom. The van der Waals surface area contributed by atoms with Crippen LogP contribution in [-0.2, 0) is 6.54 Å².